The molecule has 0 bridgehead atoms. The number of rotatable bonds is 11. The minimum absolute atomic E-state index is 0.0311. The number of hydrogen-bond acceptors (Lipinski definition) is 14. The van der Waals surface area contributed by atoms with E-state index in [4.69, 9.17) is 37.1 Å². The molecular formula is C27H52N8O8. The molecule has 248 valence electrons. The summed E-state index contributed by atoms with van der Waals surface area (Å²) in [4.78, 5) is 12.8. The summed E-state index contributed by atoms with van der Waals surface area (Å²) in [6, 6.07) is -3.17. The van der Waals surface area contributed by atoms with Crippen molar-refractivity contribution in [1.29, 1.82) is 0 Å². The van der Waals surface area contributed by atoms with Gasteiger partial charge in [0.15, 0.2) is 6.29 Å². The molecule has 4 aliphatic rings. The number of hydroxylamine groups is 2. The van der Waals surface area contributed by atoms with Gasteiger partial charge in [0.1, 0.15) is 29.7 Å². The van der Waals surface area contributed by atoms with E-state index in [1.54, 1.807) is 7.05 Å². The lowest BCUT2D eigenvalue weighted by Crippen LogP contribution is -2.70. The van der Waals surface area contributed by atoms with Crippen molar-refractivity contribution in [2.45, 2.75) is 99.1 Å². The minimum Gasteiger partial charge on any atom is -0.492 e. The highest BCUT2D eigenvalue weighted by atomic mass is 16.7. The maximum absolute atomic E-state index is 12.8. The van der Waals surface area contributed by atoms with Crippen LogP contribution in [0.15, 0.2) is 11.8 Å². The summed E-state index contributed by atoms with van der Waals surface area (Å²) in [7, 11) is 1.60. The van der Waals surface area contributed by atoms with Gasteiger partial charge in [0.25, 0.3) is 0 Å². The van der Waals surface area contributed by atoms with Gasteiger partial charge in [-0.25, -0.2) is 9.86 Å². The van der Waals surface area contributed by atoms with E-state index >= 15 is 0 Å². The topological polar surface area (TPSA) is 269 Å². The smallest absolute Gasteiger partial charge is 0.341 e. The molecule has 1 saturated heterocycles. The predicted molar refractivity (Wildman–Crippen MR) is 155 cm³/mol. The van der Waals surface area contributed by atoms with Crippen molar-refractivity contribution in [2.75, 3.05) is 39.8 Å². The van der Waals surface area contributed by atoms with Crippen LogP contribution in [0.1, 0.15) is 32.6 Å². The van der Waals surface area contributed by atoms with Gasteiger partial charge in [0, 0.05) is 30.6 Å². The van der Waals surface area contributed by atoms with Crippen LogP contribution < -0.4 is 38.9 Å². The quantitative estimate of drug-likeness (QED) is 0.0785. The number of nitrogens with two attached hydrogens (primary N) is 4. The number of amides is 2. The Hall–Kier alpha value is -1.67. The molecule has 0 aromatic carbocycles. The van der Waals surface area contributed by atoms with E-state index in [1.807, 2.05) is 6.08 Å². The monoisotopic (exact) mass is 616 g/mol. The molecular weight excluding hydrogens is 564 g/mol. The molecule has 43 heavy (non-hydrogen) atoms. The van der Waals surface area contributed by atoms with Crippen molar-refractivity contribution in [3.05, 3.63) is 11.8 Å². The zero-order chi connectivity index (χ0) is 31.5. The molecule has 0 aromatic heterocycles. The molecule has 11 atom stereocenters. The van der Waals surface area contributed by atoms with Crippen LogP contribution in [0.2, 0.25) is 0 Å². The molecule has 0 radical (unpaired) electrons. The second-order valence-electron chi connectivity index (χ2n) is 12.6. The maximum Gasteiger partial charge on any atom is 0.341 e. The zero-order valence-corrected chi connectivity index (χ0v) is 25.0. The summed E-state index contributed by atoms with van der Waals surface area (Å²) in [5, 5.41) is 53.4. The Labute approximate surface area is 252 Å². The van der Waals surface area contributed by atoms with Gasteiger partial charge in [-0.15, -0.1) is 0 Å². The molecule has 2 aliphatic carbocycles. The van der Waals surface area contributed by atoms with E-state index in [9.17, 15) is 25.3 Å². The summed E-state index contributed by atoms with van der Waals surface area (Å²) in [6.07, 6.45) is -1.03. The largest absolute Gasteiger partial charge is 0.492 e. The van der Waals surface area contributed by atoms with E-state index in [0.29, 0.717) is 23.2 Å². The van der Waals surface area contributed by atoms with Crippen LogP contribution in [0.5, 0.6) is 0 Å². The van der Waals surface area contributed by atoms with Gasteiger partial charge in [-0.2, -0.15) is 0 Å². The highest BCUT2D eigenvalue weighted by Crippen LogP contribution is 2.37. The molecule has 3 fully saturated rings. The third-order valence-electron chi connectivity index (χ3n) is 9.27. The van der Waals surface area contributed by atoms with E-state index in [2.05, 4.69) is 16.0 Å². The van der Waals surface area contributed by atoms with Crippen molar-refractivity contribution in [2.24, 2.45) is 34.8 Å². The van der Waals surface area contributed by atoms with Gasteiger partial charge in [0.2, 0.25) is 0 Å². The molecule has 16 heteroatoms. The van der Waals surface area contributed by atoms with Crippen LogP contribution in [-0.4, -0.2) is 138 Å². The number of aliphatic hydroxyl groups is 3. The number of carbonyl (C=O) groups is 1. The van der Waals surface area contributed by atoms with Gasteiger partial charge in [-0.1, -0.05) is 0 Å². The number of ether oxygens (including phenoxy) is 3. The summed E-state index contributed by atoms with van der Waals surface area (Å²) < 4.78 is 18.3. The zero-order valence-electron chi connectivity index (χ0n) is 25.0. The number of urea groups is 1. The van der Waals surface area contributed by atoms with Gasteiger partial charge in [-0.3, -0.25) is 5.21 Å². The van der Waals surface area contributed by atoms with E-state index in [0.717, 1.165) is 19.4 Å². The van der Waals surface area contributed by atoms with Crippen molar-refractivity contribution in [1.82, 2.24) is 21.0 Å². The first kappa shape index (κ1) is 34.2. The van der Waals surface area contributed by atoms with Crippen LogP contribution in [0, 0.1) is 11.8 Å². The molecule has 0 spiro atoms. The molecule has 1 unspecified atom stereocenters. The van der Waals surface area contributed by atoms with Crippen molar-refractivity contribution in [3.8, 4) is 0 Å². The Kier molecular flexibility index (Phi) is 11.6. The molecule has 2 aliphatic heterocycles. The number of nitrogens with one attached hydrogen (secondary N) is 3. The normalized spacial score (nSPS) is 43.3. The second kappa shape index (κ2) is 14.6. The van der Waals surface area contributed by atoms with Crippen LogP contribution >= 0.6 is 0 Å². The lowest BCUT2D eigenvalue weighted by molar-refractivity contribution is -0.297. The van der Waals surface area contributed by atoms with Crippen LogP contribution in [0.25, 0.3) is 0 Å². The molecule has 2 heterocycles. The summed E-state index contributed by atoms with van der Waals surface area (Å²) >= 11 is 0. The third-order valence-corrected chi connectivity index (χ3v) is 9.27. The van der Waals surface area contributed by atoms with Crippen molar-refractivity contribution < 1.29 is 39.5 Å². The lowest BCUT2D eigenvalue weighted by Gasteiger charge is -2.51. The SMILES string of the molecule is CN[C@@H]1[C@@H](O)[C@@H](O[C@H]2[C@H](NC(=O)N(O)CCN)C[C@H](N)C([C@H]3OC(CN)=CC[C@H]3NCC3CC(N)C3)[C@@H]2O)OC[C@]1(C)O. The number of likely N-dealkylation sites (N-methyl/N-ethyl adjacent to an activating group) is 1. The highest BCUT2D eigenvalue weighted by Gasteiger charge is 2.54. The number of carbonyl (C=O) groups excluding carboxylic acids is 1. The number of aliphatic hydroxyl groups excluding tert-OH is 2. The lowest BCUT2D eigenvalue weighted by atomic mass is 9.72. The second-order valence-corrected chi connectivity index (χ2v) is 12.6. The van der Waals surface area contributed by atoms with Crippen LogP contribution in [0.4, 0.5) is 4.79 Å². The highest BCUT2D eigenvalue weighted by molar-refractivity contribution is 5.73. The van der Waals surface area contributed by atoms with E-state index in [1.165, 1.54) is 6.92 Å². The van der Waals surface area contributed by atoms with E-state index in [-0.39, 0.29) is 44.7 Å². The fraction of sp³-hybridized carbons (Fsp3) is 0.889. The molecule has 2 amide bonds. The van der Waals surface area contributed by atoms with Crippen LogP contribution in [-0.2, 0) is 14.2 Å². The van der Waals surface area contributed by atoms with Gasteiger partial charge in [-0.05, 0) is 58.2 Å². The van der Waals surface area contributed by atoms with Crippen molar-refractivity contribution >= 4 is 6.03 Å². The molecule has 0 aromatic rings. The standard InChI is InChI=1S/C27H52N8O8/c1-27(39)12-41-25(21(37)24(27)32-2)43-23-18(34-26(38)35(40)6-5-28)9-16(31)19(20(23)36)22-17(4-3-15(10-29)42-22)33-11-13-7-14(30)8-13/h3,13-14,16-25,32-33,36-37,39-40H,4-12,28-31H2,1-2H3,(H,34,38)/t13?,14?,16-,17+,18+,19?,20-,21+,22-,23-,24+,25+,27-/m0/s1. The van der Waals surface area contributed by atoms with Crippen LogP contribution in [0.3, 0.4) is 0 Å². The average Bonchev–Trinajstić information content (AvgIpc) is 2.94. The van der Waals surface area contributed by atoms with E-state index < -0.39 is 66.4 Å². The first-order valence-corrected chi connectivity index (χ1v) is 15.2. The fourth-order valence-corrected chi connectivity index (χ4v) is 6.87. The van der Waals surface area contributed by atoms with Gasteiger partial charge in [0.05, 0.1) is 37.9 Å². The Morgan fingerprint density at radius 2 is 1.91 bits per heavy atom. The third kappa shape index (κ3) is 7.77. The fourth-order valence-electron chi connectivity index (χ4n) is 6.87. The van der Waals surface area contributed by atoms with Crippen molar-refractivity contribution in [3.63, 3.8) is 0 Å². The molecule has 2 saturated carbocycles. The number of nitrogens with zero attached hydrogens (tertiary/aromatic N) is 1. The molecule has 15 N–H and O–H groups in total. The minimum atomic E-state index is -1.39. The Morgan fingerprint density at radius 1 is 1.19 bits per heavy atom. The summed E-state index contributed by atoms with van der Waals surface area (Å²) in [6.45, 7) is 2.20. The Morgan fingerprint density at radius 3 is 2.53 bits per heavy atom. The molecule has 4 rings (SSSR count). The maximum atomic E-state index is 12.8. The average molecular weight is 617 g/mol. The first-order chi connectivity index (χ1) is 20.4. The Bertz CT molecular complexity index is 956. The molecule has 16 nitrogen and oxygen atoms in total. The Balaban J connectivity index is 1.58. The first-order valence-electron chi connectivity index (χ1n) is 15.2. The number of hydrogen-bond donors (Lipinski definition) is 11. The van der Waals surface area contributed by atoms with Gasteiger partial charge < -0.3 is 68.4 Å². The summed E-state index contributed by atoms with van der Waals surface area (Å²) in [5.74, 6) is 0.366. The summed E-state index contributed by atoms with van der Waals surface area (Å²) in [5.41, 5.74) is 22.7. The van der Waals surface area contributed by atoms with Gasteiger partial charge >= 0.3 is 6.03 Å². The predicted octanol–water partition coefficient (Wildman–Crippen LogP) is -3.81.